The summed E-state index contributed by atoms with van der Waals surface area (Å²) in [5.41, 5.74) is 6.80. The van der Waals surface area contributed by atoms with Crippen LogP contribution in [0.3, 0.4) is 0 Å². The fourth-order valence-electron chi connectivity index (χ4n) is 1.53. The highest BCUT2D eigenvalue weighted by Crippen LogP contribution is 2.18. The molecule has 0 aliphatic heterocycles. The Bertz CT molecular complexity index is 597. The van der Waals surface area contributed by atoms with Gasteiger partial charge in [0.15, 0.2) is 0 Å². The third-order valence-electron chi connectivity index (χ3n) is 2.14. The molecule has 1 heterocycles. The number of rotatable bonds is 2. The molecule has 0 spiro atoms. The van der Waals surface area contributed by atoms with E-state index in [4.69, 9.17) is 10.5 Å². The molecule has 6 heteroatoms. The Morgan fingerprint density at radius 2 is 2.19 bits per heavy atom. The van der Waals surface area contributed by atoms with Crippen molar-refractivity contribution in [2.24, 2.45) is 0 Å². The number of carbonyl (C=O) groups excluding carboxylic acids is 1. The van der Waals surface area contributed by atoms with E-state index in [1.807, 2.05) is 0 Å². The molecule has 0 radical (unpaired) electrons. The number of esters is 1. The first-order chi connectivity index (χ1) is 7.61. The first kappa shape index (κ1) is 10.3. The third-order valence-corrected chi connectivity index (χ3v) is 2.14. The number of H-pyrrole nitrogens is 2. The zero-order chi connectivity index (χ0) is 11.7. The fraction of sp³-hybridized carbons (Fsp3) is 0.200. The molecule has 0 saturated carbocycles. The Hall–Kier alpha value is -2.24. The van der Waals surface area contributed by atoms with Crippen molar-refractivity contribution in [3.05, 3.63) is 28.2 Å². The number of imidazole rings is 1. The van der Waals surface area contributed by atoms with Gasteiger partial charge in [0.05, 0.1) is 23.2 Å². The zero-order valence-corrected chi connectivity index (χ0v) is 8.66. The topological polar surface area (TPSA) is 101 Å². The van der Waals surface area contributed by atoms with E-state index in [0.29, 0.717) is 16.7 Å². The lowest BCUT2D eigenvalue weighted by Crippen LogP contribution is -2.06. The van der Waals surface area contributed by atoms with Crippen molar-refractivity contribution in [2.75, 3.05) is 12.3 Å². The molecule has 0 atom stereocenters. The summed E-state index contributed by atoms with van der Waals surface area (Å²) in [6.45, 7) is 1.98. The SMILES string of the molecule is CCOC(=O)c1cc(N)cc2[nH]c(=O)[nH]c12. The summed E-state index contributed by atoms with van der Waals surface area (Å²) in [5.74, 6) is -0.505. The van der Waals surface area contributed by atoms with Gasteiger partial charge in [-0.2, -0.15) is 0 Å². The lowest BCUT2D eigenvalue weighted by Gasteiger charge is -2.03. The molecule has 0 bridgehead atoms. The van der Waals surface area contributed by atoms with Crippen LogP contribution in [0.2, 0.25) is 0 Å². The second-order valence-electron chi connectivity index (χ2n) is 3.29. The highest BCUT2D eigenvalue weighted by Gasteiger charge is 2.14. The Kier molecular flexibility index (Phi) is 2.40. The normalized spacial score (nSPS) is 10.6. The molecule has 4 N–H and O–H groups in total. The lowest BCUT2D eigenvalue weighted by atomic mass is 10.1. The molecule has 2 aromatic rings. The number of nitrogens with two attached hydrogens (primary N) is 1. The summed E-state index contributed by atoms with van der Waals surface area (Å²) >= 11 is 0. The number of fused-ring (bicyclic) bond motifs is 1. The standard InChI is InChI=1S/C10H11N3O3/c1-2-16-9(14)6-3-5(11)4-7-8(6)13-10(15)12-7/h3-4H,2,11H2,1H3,(H2,12,13,15). The highest BCUT2D eigenvalue weighted by atomic mass is 16.5. The molecule has 0 unspecified atom stereocenters. The summed E-state index contributed by atoms with van der Waals surface area (Å²) in [6.07, 6.45) is 0. The summed E-state index contributed by atoms with van der Waals surface area (Å²) in [4.78, 5) is 27.8. The summed E-state index contributed by atoms with van der Waals surface area (Å²) in [5, 5.41) is 0. The number of anilines is 1. The first-order valence-corrected chi connectivity index (χ1v) is 4.80. The largest absolute Gasteiger partial charge is 0.462 e. The number of nitrogen functional groups attached to an aromatic ring is 1. The second-order valence-corrected chi connectivity index (χ2v) is 3.29. The van der Waals surface area contributed by atoms with Crippen molar-refractivity contribution >= 4 is 22.7 Å². The van der Waals surface area contributed by atoms with Crippen LogP contribution in [-0.2, 0) is 4.74 Å². The minimum Gasteiger partial charge on any atom is -0.462 e. The van der Waals surface area contributed by atoms with Crippen LogP contribution >= 0.6 is 0 Å². The van der Waals surface area contributed by atoms with Gasteiger partial charge in [0.1, 0.15) is 0 Å². The van der Waals surface area contributed by atoms with Gasteiger partial charge in [-0.25, -0.2) is 9.59 Å². The van der Waals surface area contributed by atoms with Crippen LogP contribution in [0.4, 0.5) is 5.69 Å². The van der Waals surface area contributed by atoms with E-state index in [-0.39, 0.29) is 17.9 Å². The number of nitrogens with one attached hydrogen (secondary N) is 2. The maximum atomic E-state index is 11.6. The fourth-order valence-corrected chi connectivity index (χ4v) is 1.53. The van der Waals surface area contributed by atoms with Gasteiger partial charge in [-0.15, -0.1) is 0 Å². The monoisotopic (exact) mass is 221 g/mol. The van der Waals surface area contributed by atoms with Crippen molar-refractivity contribution in [3.63, 3.8) is 0 Å². The minimum absolute atomic E-state index is 0.259. The van der Waals surface area contributed by atoms with Crippen LogP contribution in [0.5, 0.6) is 0 Å². The molecule has 0 aliphatic rings. The van der Waals surface area contributed by atoms with Crippen LogP contribution < -0.4 is 11.4 Å². The van der Waals surface area contributed by atoms with E-state index in [0.717, 1.165) is 0 Å². The minimum atomic E-state index is -0.505. The Labute approximate surface area is 90.4 Å². The van der Waals surface area contributed by atoms with Gasteiger partial charge in [0, 0.05) is 5.69 Å². The highest BCUT2D eigenvalue weighted by molar-refractivity contribution is 6.03. The Balaban J connectivity index is 2.67. The molecule has 0 aliphatic carbocycles. The summed E-state index contributed by atoms with van der Waals surface area (Å²) in [6, 6.07) is 3.06. The predicted octanol–water partition coefficient (Wildman–Crippen LogP) is 0.615. The van der Waals surface area contributed by atoms with E-state index in [2.05, 4.69) is 9.97 Å². The molecule has 0 saturated heterocycles. The van der Waals surface area contributed by atoms with Crippen molar-refractivity contribution in [1.29, 1.82) is 0 Å². The molecule has 1 aromatic carbocycles. The van der Waals surface area contributed by atoms with E-state index >= 15 is 0 Å². The van der Waals surface area contributed by atoms with Gasteiger partial charge < -0.3 is 20.4 Å². The average Bonchev–Trinajstić information content (AvgIpc) is 2.57. The van der Waals surface area contributed by atoms with Crippen LogP contribution in [0.25, 0.3) is 11.0 Å². The number of hydrogen-bond acceptors (Lipinski definition) is 4. The predicted molar refractivity (Wildman–Crippen MR) is 59.3 cm³/mol. The van der Waals surface area contributed by atoms with Crippen LogP contribution in [-0.4, -0.2) is 22.5 Å². The molecule has 16 heavy (non-hydrogen) atoms. The van der Waals surface area contributed by atoms with E-state index in [9.17, 15) is 9.59 Å². The summed E-state index contributed by atoms with van der Waals surface area (Å²) in [7, 11) is 0. The number of hydrogen-bond donors (Lipinski definition) is 3. The van der Waals surface area contributed by atoms with Crippen LogP contribution in [0, 0.1) is 0 Å². The third kappa shape index (κ3) is 1.65. The molecule has 2 rings (SSSR count). The van der Waals surface area contributed by atoms with E-state index in [1.165, 1.54) is 6.07 Å². The van der Waals surface area contributed by atoms with Gasteiger partial charge in [-0.3, -0.25) is 0 Å². The van der Waals surface area contributed by atoms with E-state index < -0.39 is 5.97 Å². The molecular weight excluding hydrogens is 210 g/mol. The molecule has 0 amide bonds. The lowest BCUT2D eigenvalue weighted by molar-refractivity contribution is 0.0528. The number of ether oxygens (including phenoxy) is 1. The quantitative estimate of drug-likeness (QED) is 0.511. The maximum Gasteiger partial charge on any atom is 0.340 e. The van der Waals surface area contributed by atoms with Crippen molar-refractivity contribution < 1.29 is 9.53 Å². The molecular formula is C10H11N3O3. The maximum absolute atomic E-state index is 11.6. The van der Waals surface area contributed by atoms with Gasteiger partial charge >= 0.3 is 11.7 Å². The van der Waals surface area contributed by atoms with Gasteiger partial charge in [-0.05, 0) is 19.1 Å². The summed E-state index contributed by atoms with van der Waals surface area (Å²) < 4.78 is 4.87. The van der Waals surface area contributed by atoms with Gasteiger partial charge in [-0.1, -0.05) is 0 Å². The van der Waals surface area contributed by atoms with Crippen molar-refractivity contribution in [1.82, 2.24) is 9.97 Å². The van der Waals surface area contributed by atoms with Crippen LogP contribution in [0.15, 0.2) is 16.9 Å². The molecule has 84 valence electrons. The van der Waals surface area contributed by atoms with Gasteiger partial charge in [0.25, 0.3) is 0 Å². The van der Waals surface area contributed by atoms with Crippen molar-refractivity contribution in [2.45, 2.75) is 6.92 Å². The van der Waals surface area contributed by atoms with Crippen molar-refractivity contribution in [3.8, 4) is 0 Å². The zero-order valence-electron chi connectivity index (χ0n) is 8.66. The van der Waals surface area contributed by atoms with Gasteiger partial charge in [0.2, 0.25) is 0 Å². The van der Waals surface area contributed by atoms with Crippen LogP contribution in [0.1, 0.15) is 17.3 Å². The number of aromatic nitrogens is 2. The second kappa shape index (κ2) is 3.73. The number of carbonyl (C=O) groups is 1. The number of aromatic amines is 2. The smallest absolute Gasteiger partial charge is 0.340 e. The molecule has 0 fully saturated rings. The first-order valence-electron chi connectivity index (χ1n) is 4.80. The molecule has 1 aromatic heterocycles. The van der Waals surface area contributed by atoms with E-state index in [1.54, 1.807) is 13.0 Å². The number of benzene rings is 1. The molecule has 6 nitrogen and oxygen atoms in total. The Morgan fingerprint density at radius 3 is 2.88 bits per heavy atom. The average molecular weight is 221 g/mol. The Morgan fingerprint density at radius 1 is 1.44 bits per heavy atom.